The predicted molar refractivity (Wildman–Crippen MR) is 147 cm³/mol. The van der Waals surface area contributed by atoms with Gasteiger partial charge >= 0.3 is 0 Å². The van der Waals surface area contributed by atoms with Crippen molar-refractivity contribution in [1.29, 1.82) is 0 Å². The van der Waals surface area contributed by atoms with E-state index in [9.17, 15) is 0 Å². The number of rotatable bonds is 5. The average Bonchev–Trinajstić information content (AvgIpc) is 3.59. The van der Waals surface area contributed by atoms with Gasteiger partial charge in [0, 0.05) is 34.4 Å². The van der Waals surface area contributed by atoms with Gasteiger partial charge in [-0.1, -0.05) is 17.7 Å². The monoisotopic (exact) mass is 532 g/mol. The lowest BCUT2D eigenvalue weighted by atomic mass is 9.96. The van der Waals surface area contributed by atoms with E-state index in [1.165, 1.54) is 0 Å². The molecule has 4 heterocycles. The number of benzene rings is 2. The van der Waals surface area contributed by atoms with Crippen molar-refractivity contribution in [2.24, 2.45) is 0 Å². The van der Waals surface area contributed by atoms with Crippen molar-refractivity contribution in [2.45, 2.75) is 25.9 Å². The van der Waals surface area contributed by atoms with E-state index in [0.29, 0.717) is 15.9 Å². The minimum absolute atomic E-state index is 0.172. The predicted octanol–water partition coefficient (Wildman–Crippen LogP) is 6.06. The molecule has 1 saturated heterocycles. The highest BCUT2D eigenvalue weighted by Crippen LogP contribution is 2.46. The first-order valence-electron chi connectivity index (χ1n) is 11.9. The van der Waals surface area contributed by atoms with E-state index in [1.807, 2.05) is 54.6 Å². The second-order valence-corrected chi connectivity index (χ2v) is 9.84. The molecule has 0 saturated carbocycles. The van der Waals surface area contributed by atoms with E-state index in [4.69, 9.17) is 38.0 Å². The minimum Gasteiger partial charge on any atom is -0.495 e. The van der Waals surface area contributed by atoms with E-state index in [-0.39, 0.29) is 18.9 Å². The van der Waals surface area contributed by atoms with Crippen LogP contribution in [0.1, 0.15) is 34.7 Å². The van der Waals surface area contributed by atoms with Crippen molar-refractivity contribution < 1.29 is 14.2 Å². The first-order valence-corrected chi connectivity index (χ1v) is 12.7. The molecule has 7 nitrogen and oxygen atoms in total. The Hall–Kier alpha value is -3.75. The molecule has 4 aromatic rings. The van der Waals surface area contributed by atoms with Gasteiger partial charge < -0.3 is 29.0 Å². The number of hydrogen-bond donors (Lipinski definition) is 1. The molecular formula is C28H25ClN4O3S. The summed E-state index contributed by atoms with van der Waals surface area (Å²) in [6.07, 6.45) is 1.81. The van der Waals surface area contributed by atoms with E-state index >= 15 is 0 Å². The third-order valence-corrected chi connectivity index (χ3v) is 7.45. The quantitative estimate of drug-likeness (QED) is 0.314. The van der Waals surface area contributed by atoms with Gasteiger partial charge in [0.1, 0.15) is 5.75 Å². The van der Waals surface area contributed by atoms with Gasteiger partial charge in [0.2, 0.25) is 6.79 Å². The summed E-state index contributed by atoms with van der Waals surface area (Å²) in [6.45, 7) is 4.40. The van der Waals surface area contributed by atoms with Crippen LogP contribution in [0.4, 0.5) is 5.69 Å². The van der Waals surface area contributed by atoms with Crippen molar-refractivity contribution in [3.05, 3.63) is 94.5 Å². The standard InChI is InChI=1S/C28H25ClN4O3S/c1-16-12-20(17(2)32(16)22-13-18(29)7-9-23(22)34-3)27-26(21-6-4-5-11-30-21)31-28(37)33(27)19-8-10-24-25(14-19)36-15-35-24/h4-14,26-27H,15H2,1-3H3,(H,31,37)/t26-,27-/m0/s1. The molecule has 0 amide bonds. The highest BCUT2D eigenvalue weighted by atomic mass is 35.5. The topological polar surface area (TPSA) is 60.8 Å². The number of halogens is 1. The van der Waals surface area contributed by atoms with Crippen molar-refractivity contribution in [1.82, 2.24) is 14.9 Å². The lowest BCUT2D eigenvalue weighted by molar-refractivity contribution is 0.174. The highest BCUT2D eigenvalue weighted by Gasteiger charge is 2.42. The summed E-state index contributed by atoms with van der Waals surface area (Å²) in [7, 11) is 1.67. The Balaban J connectivity index is 1.53. The van der Waals surface area contributed by atoms with Crippen LogP contribution < -0.4 is 24.4 Å². The summed E-state index contributed by atoms with van der Waals surface area (Å²) < 4.78 is 19.1. The summed E-state index contributed by atoms with van der Waals surface area (Å²) in [4.78, 5) is 6.81. The van der Waals surface area contributed by atoms with Crippen molar-refractivity contribution >= 4 is 34.6 Å². The first-order chi connectivity index (χ1) is 18.0. The fourth-order valence-electron chi connectivity index (χ4n) is 5.28. The van der Waals surface area contributed by atoms with Crippen LogP contribution in [0.15, 0.2) is 66.9 Å². The fourth-order valence-corrected chi connectivity index (χ4v) is 5.79. The summed E-state index contributed by atoms with van der Waals surface area (Å²) in [5.41, 5.74) is 5.92. The Morgan fingerprint density at radius 2 is 1.89 bits per heavy atom. The number of ether oxygens (including phenoxy) is 3. The molecule has 37 heavy (non-hydrogen) atoms. The smallest absolute Gasteiger partial charge is 0.231 e. The molecule has 6 rings (SSSR count). The fraction of sp³-hybridized carbons (Fsp3) is 0.214. The Labute approximate surface area is 225 Å². The first kappa shape index (κ1) is 23.6. The van der Waals surface area contributed by atoms with Crippen LogP contribution >= 0.6 is 23.8 Å². The van der Waals surface area contributed by atoms with Gasteiger partial charge in [0.15, 0.2) is 16.6 Å². The van der Waals surface area contributed by atoms with Gasteiger partial charge in [0.25, 0.3) is 0 Å². The van der Waals surface area contributed by atoms with E-state index in [2.05, 4.69) is 39.7 Å². The van der Waals surface area contributed by atoms with Gasteiger partial charge in [0.05, 0.1) is 30.6 Å². The molecule has 1 N–H and O–H groups in total. The van der Waals surface area contributed by atoms with Gasteiger partial charge in [-0.25, -0.2) is 0 Å². The summed E-state index contributed by atoms with van der Waals surface area (Å²) in [5, 5.41) is 4.79. The number of nitrogens with zero attached hydrogens (tertiary/aromatic N) is 3. The number of hydrogen-bond acceptors (Lipinski definition) is 5. The number of methoxy groups -OCH3 is 1. The summed E-state index contributed by atoms with van der Waals surface area (Å²) in [6, 6.07) is 19.3. The van der Waals surface area contributed by atoms with Crippen LogP contribution in [0.5, 0.6) is 17.2 Å². The summed E-state index contributed by atoms with van der Waals surface area (Å²) in [5.74, 6) is 2.17. The molecule has 2 aromatic heterocycles. The molecule has 2 aliphatic rings. The third kappa shape index (κ3) is 3.97. The lowest BCUT2D eigenvalue weighted by Crippen LogP contribution is -2.29. The third-order valence-electron chi connectivity index (χ3n) is 6.90. The Morgan fingerprint density at radius 1 is 1.05 bits per heavy atom. The number of pyridine rings is 1. The second kappa shape index (κ2) is 9.28. The normalized spacial score (nSPS) is 18.3. The molecule has 9 heteroatoms. The molecule has 2 atom stereocenters. The molecule has 2 aliphatic heterocycles. The van der Waals surface area contributed by atoms with Crippen LogP contribution in [0, 0.1) is 13.8 Å². The molecule has 1 fully saturated rings. The zero-order chi connectivity index (χ0) is 25.7. The van der Waals surface area contributed by atoms with E-state index < -0.39 is 0 Å². The lowest BCUT2D eigenvalue weighted by Gasteiger charge is -2.28. The molecule has 0 bridgehead atoms. The van der Waals surface area contributed by atoms with Gasteiger partial charge in [-0.15, -0.1) is 0 Å². The number of aryl methyl sites for hydroxylation is 1. The zero-order valence-electron chi connectivity index (χ0n) is 20.6. The van der Waals surface area contributed by atoms with Crippen LogP contribution in [0.3, 0.4) is 0 Å². The molecule has 0 aliphatic carbocycles. The highest BCUT2D eigenvalue weighted by molar-refractivity contribution is 7.80. The van der Waals surface area contributed by atoms with Crippen LogP contribution in [-0.4, -0.2) is 28.6 Å². The average molecular weight is 533 g/mol. The molecule has 0 radical (unpaired) electrons. The van der Waals surface area contributed by atoms with Crippen molar-refractivity contribution in [3.8, 4) is 22.9 Å². The Bertz CT molecular complexity index is 1510. The van der Waals surface area contributed by atoms with Crippen molar-refractivity contribution in [2.75, 3.05) is 18.8 Å². The maximum atomic E-state index is 6.40. The summed E-state index contributed by atoms with van der Waals surface area (Å²) >= 11 is 12.3. The van der Waals surface area contributed by atoms with E-state index in [0.717, 1.165) is 45.5 Å². The van der Waals surface area contributed by atoms with Crippen LogP contribution in [-0.2, 0) is 0 Å². The SMILES string of the molecule is COc1ccc(Cl)cc1-n1c(C)cc([C@H]2[C@H](c3ccccn3)NC(=S)N2c2ccc3c(c2)OCO3)c1C. The largest absolute Gasteiger partial charge is 0.495 e. The van der Waals surface area contributed by atoms with Crippen molar-refractivity contribution in [3.63, 3.8) is 0 Å². The van der Waals surface area contributed by atoms with Gasteiger partial charge in [-0.05, 0) is 80.2 Å². The molecular weight excluding hydrogens is 508 g/mol. The van der Waals surface area contributed by atoms with E-state index in [1.54, 1.807) is 13.3 Å². The van der Waals surface area contributed by atoms with Gasteiger partial charge in [-0.3, -0.25) is 4.98 Å². The molecule has 0 spiro atoms. The maximum absolute atomic E-state index is 6.40. The Morgan fingerprint density at radius 3 is 2.68 bits per heavy atom. The van der Waals surface area contributed by atoms with Gasteiger partial charge in [-0.2, -0.15) is 0 Å². The molecule has 2 aromatic carbocycles. The zero-order valence-corrected chi connectivity index (χ0v) is 22.1. The molecule has 188 valence electrons. The number of anilines is 1. The number of thiocarbonyl (C=S) groups is 1. The number of fused-ring (bicyclic) bond motifs is 1. The van der Waals surface area contributed by atoms with Crippen LogP contribution in [0.2, 0.25) is 5.02 Å². The maximum Gasteiger partial charge on any atom is 0.231 e. The Kier molecular flexibility index (Phi) is 5.93. The number of nitrogens with one attached hydrogen (secondary N) is 1. The number of aromatic nitrogens is 2. The van der Waals surface area contributed by atoms with Crippen LogP contribution in [0.25, 0.3) is 5.69 Å². The second-order valence-electron chi connectivity index (χ2n) is 9.01. The minimum atomic E-state index is -0.173. The molecule has 0 unspecified atom stereocenters.